The number of aliphatic hydroxyl groups excluding tert-OH is 2. The van der Waals surface area contributed by atoms with E-state index in [0.29, 0.717) is 0 Å². The molecule has 1 aliphatic heterocycles. The van der Waals surface area contributed by atoms with Gasteiger partial charge in [0, 0.05) is 0 Å². The highest BCUT2D eigenvalue weighted by Crippen LogP contribution is 2.62. The highest BCUT2D eigenvalue weighted by molar-refractivity contribution is 7.65. The highest BCUT2D eigenvalue weighted by atomic mass is 31.3. The molecule has 29 heavy (non-hydrogen) atoms. The first kappa shape index (κ1) is 24.2. The fourth-order valence-corrected chi connectivity index (χ4v) is 4.95. The van der Waals surface area contributed by atoms with Crippen molar-refractivity contribution in [1.82, 2.24) is 14.8 Å². The van der Waals surface area contributed by atoms with Crippen LogP contribution >= 0.6 is 23.5 Å². The van der Waals surface area contributed by atoms with Crippen LogP contribution < -0.4 is 20.4 Å². The van der Waals surface area contributed by atoms with Gasteiger partial charge in [0.25, 0.3) is 13.7 Å². The molecule has 2 heterocycles. The number of aromatic nitrogens is 3. The SMILES string of the molecule is NC(=O)c1ncn([C@@H]2O[C@H](COP(=O)(O)OP(=O)([O-])OP(=O)([O-])[O-])[C@@H](O)[C@H]2O)n1. The molecule has 0 aromatic carbocycles. The number of nitrogens with two attached hydrogens (primary N) is 1. The Labute approximate surface area is 160 Å². The Hall–Kier alpha value is -1.10. The molecule has 0 spiro atoms. The molecule has 1 aromatic heterocycles. The molecule has 18 nitrogen and oxygen atoms in total. The second-order valence-electron chi connectivity index (χ2n) is 5.28. The summed E-state index contributed by atoms with van der Waals surface area (Å²) in [5.41, 5.74) is 4.96. The van der Waals surface area contributed by atoms with Crippen molar-refractivity contribution in [2.45, 2.75) is 24.5 Å². The monoisotopic (exact) mass is 481 g/mol. The molecule has 1 saturated heterocycles. The summed E-state index contributed by atoms with van der Waals surface area (Å²) in [5.74, 6) is -1.44. The molecule has 21 heteroatoms. The molecule has 2 unspecified atom stereocenters. The van der Waals surface area contributed by atoms with Crippen LogP contribution in [-0.4, -0.2) is 60.7 Å². The number of hydrogen-bond acceptors (Lipinski definition) is 15. The van der Waals surface area contributed by atoms with E-state index in [1.807, 2.05) is 0 Å². The lowest BCUT2D eigenvalue weighted by molar-refractivity contribution is -0.339. The number of carbonyl (C=O) groups is 1. The largest absolute Gasteiger partial charge is 0.790 e. The first-order valence-corrected chi connectivity index (χ1v) is 11.5. The molecule has 166 valence electrons. The van der Waals surface area contributed by atoms with Crippen LogP contribution in [0.5, 0.6) is 0 Å². The van der Waals surface area contributed by atoms with Crippen molar-refractivity contribution < 1.29 is 66.2 Å². The number of primary amides is 1. The molecule has 0 aliphatic carbocycles. The minimum absolute atomic E-state index is 0.441. The molecule has 0 bridgehead atoms. The van der Waals surface area contributed by atoms with Gasteiger partial charge in [0.15, 0.2) is 6.23 Å². The average molecular weight is 481 g/mol. The predicted molar refractivity (Wildman–Crippen MR) is 77.6 cm³/mol. The standard InChI is InChI=1S/C8H15N4O14P3/c9-6(15)7-10-2-12(11-7)8-5(14)4(13)3(24-8)1-23-28(19,20)26-29(21,22)25-27(16,17)18/h2-5,8,13-14H,1H2,(H2,9,15)(H,19,20)(H,21,22)(H2,16,17,18)/p-3/t3-,4-,5-,8-/m1/s1. The zero-order chi connectivity index (χ0) is 22.2. The Morgan fingerprint density at radius 3 is 2.38 bits per heavy atom. The number of phosphoric ester groups is 1. The Bertz CT molecular complexity index is 899. The van der Waals surface area contributed by atoms with Crippen LogP contribution in [0.1, 0.15) is 16.8 Å². The first-order chi connectivity index (χ1) is 13.1. The molecule has 2 rings (SSSR count). The molecule has 6 atom stereocenters. The second-order valence-corrected chi connectivity index (χ2v) is 9.57. The number of nitrogens with zero attached hydrogens (tertiary/aromatic N) is 3. The molecule has 0 radical (unpaired) electrons. The fraction of sp³-hybridized carbons (Fsp3) is 0.625. The van der Waals surface area contributed by atoms with Gasteiger partial charge in [-0.2, -0.15) is 0 Å². The van der Waals surface area contributed by atoms with Crippen molar-refractivity contribution in [1.29, 1.82) is 0 Å². The predicted octanol–water partition coefficient (Wildman–Crippen LogP) is -4.56. The Morgan fingerprint density at radius 2 is 1.86 bits per heavy atom. The maximum Gasteiger partial charge on any atom is 0.478 e. The normalized spacial score (nSPS) is 29.3. The van der Waals surface area contributed by atoms with E-state index < -0.39 is 66.3 Å². The molecule has 0 saturated carbocycles. The van der Waals surface area contributed by atoms with Crippen LogP contribution in [0.25, 0.3) is 0 Å². The number of carbonyl (C=O) groups excluding carboxylic acids is 1. The maximum atomic E-state index is 11.6. The van der Waals surface area contributed by atoms with Crippen LogP contribution in [-0.2, 0) is 31.6 Å². The quantitative estimate of drug-likeness (QED) is 0.241. The summed E-state index contributed by atoms with van der Waals surface area (Å²) >= 11 is 0. The summed E-state index contributed by atoms with van der Waals surface area (Å²) in [6, 6.07) is 0. The third-order valence-electron chi connectivity index (χ3n) is 3.13. The molecular formula is C8H12N4O14P3-3. The van der Waals surface area contributed by atoms with Crippen molar-refractivity contribution in [2.24, 2.45) is 5.73 Å². The third-order valence-corrected chi connectivity index (χ3v) is 6.83. The Balaban J connectivity index is 2.01. The van der Waals surface area contributed by atoms with E-state index in [1.54, 1.807) is 0 Å². The lowest BCUT2D eigenvalue weighted by Crippen LogP contribution is -2.33. The Kier molecular flexibility index (Phi) is 7.14. The van der Waals surface area contributed by atoms with Crippen molar-refractivity contribution in [3.05, 3.63) is 12.2 Å². The summed E-state index contributed by atoms with van der Waals surface area (Å²) in [5, 5.41) is 23.5. The smallest absolute Gasteiger partial charge is 0.478 e. The minimum Gasteiger partial charge on any atom is -0.790 e. The van der Waals surface area contributed by atoms with Crippen LogP contribution in [0.3, 0.4) is 0 Å². The molecular weight excluding hydrogens is 469 g/mol. The van der Waals surface area contributed by atoms with Gasteiger partial charge in [-0.05, 0) is 0 Å². The van der Waals surface area contributed by atoms with Crippen molar-refractivity contribution in [3.8, 4) is 0 Å². The van der Waals surface area contributed by atoms with Crippen molar-refractivity contribution >= 4 is 29.4 Å². The van der Waals surface area contributed by atoms with Crippen LogP contribution in [0.15, 0.2) is 6.33 Å². The summed E-state index contributed by atoms with van der Waals surface area (Å²) < 4.78 is 49.6. The number of phosphoric acid groups is 3. The second kappa shape index (κ2) is 8.56. The number of amides is 1. The molecule has 5 N–H and O–H groups in total. The number of hydrogen-bond donors (Lipinski definition) is 4. The van der Waals surface area contributed by atoms with Gasteiger partial charge >= 0.3 is 7.82 Å². The maximum absolute atomic E-state index is 11.6. The van der Waals surface area contributed by atoms with E-state index in [-0.39, 0.29) is 0 Å². The lowest BCUT2D eigenvalue weighted by atomic mass is 10.1. The third kappa shape index (κ3) is 6.70. The van der Waals surface area contributed by atoms with Crippen LogP contribution in [0.2, 0.25) is 0 Å². The van der Waals surface area contributed by atoms with Crippen molar-refractivity contribution in [3.63, 3.8) is 0 Å². The molecule has 1 amide bonds. The van der Waals surface area contributed by atoms with E-state index >= 15 is 0 Å². The van der Waals surface area contributed by atoms with Crippen LogP contribution in [0, 0.1) is 0 Å². The zero-order valence-electron chi connectivity index (χ0n) is 13.7. The number of rotatable bonds is 9. The van der Waals surface area contributed by atoms with Gasteiger partial charge in [-0.25, -0.2) is 18.5 Å². The van der Waals surface area contributed by atoms with E-state index in [4.69, 9.17) is 10.5 Å². The molecule has 1 fully saturated rings. The van der Waals surface area contributed by atoms with Gasteiger partial charge in [0.2, 0.25) is 5.82 Å². The molecule has 1 aliphatic rings. The van der Waals surface area contributed by atoms with Gasteiger partial charge in [0.1, 0.15) is 24.6 Å². The van der Waals surface area contributed by atoms with Crippen LogP contribution in [0.4, 0.5) is 0 Å². The van der Waals surface area contributed by atoms with Gasteiger partial charge in [-0.1, -0.05) is 0 Å². The first-order valence-electron chi connectivity index (χ1n) is 7.06. The summed E-state index contributed by atoms with van der Waals surface area (Å²) in [4.78, 5) is 55.4. The number of ether oxygens (including phenoxy) is 1. The van der Waals surface area contributed by atoms with E-state index in [1.165, 1.54) is 0 Å². The minimum atomic E-state index is -6.11. The zero-order valence-corrected chi connectivity index (χ0v) is 16.4. The van der Waals surface area contributed by atoms with Gasteiger partial charge in [-0.15, -0.1) is 5.10 Å². The van der Waals surface area contributed by atoms with Gasteiger partial charge in [0.05, 0.1) is 14.4 Å². The average Bonchev–Trinajstić information content (AvgIpc) is 3.09. The number of aliphatic hydroxyl groups is 2. The van der Waals surface area contributed by atoms with E-state index in [0.717, 1.165) is 11.0 Å². The lowest BCUT2D eigenvalue weighted by Gasteiger charge is -2.35. The topological polar surface area (TPSA) is 292 Å². The van der Waals surface area contributed by atoms with Crippen molar-refractivity contribution in [2.75, 3.05) is 6.61 Å². The summed E-state index contributed by atoms with van der Waals surface area (Å²) in [7, 11) is -17.8. The fourth-order valence-electron chi connectivity index (χ4n) is 2.05. The summed E-state index contributed by atoms with van der Waals surface area (Å²) in [6.45, 7) is -1.06. The van der Waals surface area contributed by atoms with Gasteiger partial charge in [-0.3, -0.25) is 18.2 Å². The van der Waals surface area contributed by atoms with E-state index in [2.05, 4.69) is 23.2 Å². The molecule has 1 aromatic rings. The van der Waals surface area contributed by atoms with E-state index in [9.17, 15) is 48.3 Å². The van der Waals surface area contributed by atoms with Gasteiger partial charge < -0.3 is 44.8 Å². The summed E-state index contributed by atoms with van der Waals surface area (Å²) in [6.07, 6.45) is -5.54. The highest BCUT2D eigenvalue weighted by Gasteiger charge is 2.45. The Morgan fingerprint density at radius 1 is 1.24 bits per heavy atom.